The number of hydrogen-bond acceptors (Lipinski definition) is 6. The van der Waals surface area contributed by atoms with Crippen LogP contribution in [-0.4, -0.2) is 37.2 Å². The van der Waals surface area contributed by atoms with E-state index in [0.29, 0.717) is 19.3 Å². The number of rotatable bonds is 62. The van der Waals surface area contributed by atoms with E-state index in [9.17, 15) is 14.4 Å². The second kappa shape index (κ2) is 65.6. The molecule has 6 heteroatoms. The highest BCUT2D eigenvalue weighted by Crippen LogP contribution is 2.18. The molecule has 77 heavy (non-hydrogen) atoms. The average Bonchev–Trinajstić information content (AvgIpc) is 3.43. The van der Waals surface area contributed by atoms with Gasteiger partial charge in [-0.05, 0) is 83.5 Å². The number of carbonyl (C=O) groups is 3. The van der Waals surface area contributed by atoms with Crippen molar-refractivity contribution in [2.24, 2.45) is 0 Å². The van der Waals surface area contributed by atoms with Crippen LogP contribution in [0.3, 0.4) is 0 Å². The molecule has 0 saturated heterocycles. The summed E-state index contributed by atoms with van der Waals surface area (Å²) in [5, 5.41) is 0. The number of carbonyl (C=O) groups excluding carboxylic acids is 3. The largest absolute Gasteiger partial charge is 0.462 e. The highest BCUT2D eigenvalue weighted by Gasteiger charge is 2.19. The van der Waals surface area contributed by atoms with E-state index in [4.69, 9.17) is 14.2 Å². The van der Waals surface area contributed by atoms with Gasteiger partial charge in [0.25, 0.3) is 0 Å². The van der Waals surface area contributed by atoms with Crippen LogP contribution >= 0.6 is 0 Å². The van der Waals surface area contributed by atoms with E-state index in [-0.39, 0.29) is 31.1 Å². The van der Waals surface area contributed by atoms with Crippen LogP contribution in [-0.2, 0) is 28.6 Å². The summed E-state index contributed by atoms with van der Waals surface area (Å²) in [6, 6.07) is 0. The minimum Gasteiger partial charge on any atom is -0.462 e. The van der Waals surface area contributed by atoms with Crippen molar-refractivity contribution in [3.8, 4) is 0 Å². The quantitative estimate of drug-likeness (QED) is 0.0261. The lowest BCUT2D eigenvalue weighted by atomic mass is 10.0. The van der Waals surface area contributed by atoms with Gasteiger partial charge < -0.3 is 14.2 Å². The molecule has 448 valence electrons. The highest BCUT2D eigenvalue weighted by molar-refractivity contribution is 5.71. The monoisotopic (exact) mass is 1080 g/mol. The Morgan fingerprint density at radius 3 is 0.805 bits per heavy atom. The maximum atomic E-state index is 12.8. The lowest BCUT2D eigenvalue weighted by molar-refractivity contribution is -0.167. The predicted molar refractivity (Wildman–Crippen MR) is 335 cm³/mol. The Morgan fingerprint density at radius 1 is 0.273 bits per heavy atom. The zero-order valence-electron chi connectivity index (χ0n) is 51.5. The van der Waals surface area contributed by atoms with Crippen LogP contribution < -0.4 is 0 Å². The van der Waals surface area contributed by atoms with Gasteiger partial charge in [-0.15, -0.1) is 0 Å². The molecule has 0 aromatic rings. The molecule has 0 aromatic heterocycles. The Morgan fingerprint density at radius 2 is 0.506 bits per heavy atom. The van der Waals surface area contributed by atoms with Crippen LogP contribution in [0.15, 0.2) is 60.8 Å². The fraction of sp³-hybridized carbons (Fsp3) is 0.817. The van der Waals surface area contributed by atoms with Gasteiger partial charge in [-0.1, -0.05) is 313 Å². The van der Waals surface area contributed by atoms with E-state index >= 15 is 0 Å². The zero-order chi connectivity index (χ0) is 55.7. The SMILES string of the molecule is CC/C=C\C/C=C\C/C=C\C/C=C\CCCCCCCCCCC(=O)OC(COC(=O)CCCCCCC)COC(=O)CCCCCCCCCCCCCCCCCCCCCCC/C=C\CCCCCCCCCC. The number of hydrogen-bond donors (Lipinski definition) is 0. The molecule has 0 radical (unpaired) electrons. The Balaban J connectivity index is 3.92. The third-order valence-electron chi connectivity index (χ3n) is 15.0. The second-order valence-corrected chi connectivity index (χ2v) is 22.7. The molecule has 1 atom stereocenters. The van der Waals surface area contributed by atoms with E-state index in [1.165, 1.54) is 218 Å². The summed E-state index contributed by atoms with van der Waals surface area (Å²) < 4.78 is 16.8. The highest BCUT2D eigenvalue weighted by atomic mass is 16.6. The topological polar surface area (TPSA) is 78.9 Å². The standard InChI is InChI=1S/C71H128O6/c1-4-7-10-13-15-17-19-21-23-25-27-29-30-31-32-33-34-35-36-37-38-39-40-42-43-45-47-49-51-53-55-58-61-64-70(73)76-67-68(66-75-69(72)63-60-57-12-9-6-3)77-71(74)65-62-59-56-54-52-50-48-46-44-41-28-26-24-22-20-18-16-14-11-8-5-2/h8,11,16,18,22,24-25,27-28,41,68H,4-7,9-10,12-15,17,19-21,23,26,29-40,42-67H2,1-3H3/b11-8-,18-16-,24-22-,27-25-,41-28-. The predicted octanol–water partition coefficient (Wildman–Crippen LogP) is 23.1. The van der Waals surface area contributed by atoms with Crippen molar-refractivity contribution in [2.75, 3.05) is 13.2 Å². The smallest absolute Gasteiger partial charge is 0.306 e. The van der Waals surface area contributed by atoms with Gasteiger partial charge in [0.05, 0.1) is 0 Å². The fourth-order valence-corrected chi connectivity index (χ4v) is 9.96. The van der Waals surface area contributed by atoms with Crippen molar-refractivity contribution in [1.29, 1.82) is 0 Å². The summed E-state index contributed by atoms with van der Waals surface area (Å²) in [5.41, 5.74) is 0. The van der Waals surface area contributed by atoms with E-state index in [0.717, 1.165) is 96.3 Å². The normalized spacial score (nSPS) is 12.4. The van der Waals surface area contributed by atoms with Gasteiger partial charge in [-0.2, -0.15) is 0 Å². The number of allylic oxidation sites excluding steroid dienone is 10. The van der Waals surface area contributed by atoms with Crippen LogP contribution in [0.5, 0.6) is 0 Å². The van der Waals surface area contributed by atoms with Gasteiger partial charge >= 0.3 is 17.9 Å². The Kier molecular flexibility index (Phi) is 63.2. The molecule has 0 rings (SSSR count). The Bertz CT molecular complexity index is 1380. The Hall–Kier alpha value is -2.89. The van der Waals surface area contributed by atoms with Crippen molar-refractivity contribution < 1.29 is 28.6 Å². The summed E-state index contributed by atoms with van der Waals surface area (Å²) in [6.07, 6.45) is 84.5. The van der Waals surface area contributed by atoms with Crippen LogP contribution in [0.2, 0.25) is 0 Å². The maximum Gasteiger partial charge on any atom is 0.306 e. The molecule has 0 aromatic carbocycles. The molecule has 1 unspecified atom stereocenters. The minimum atomic E-state index is -0.774. The molecule has 0 spiro atoms. The maximum absolute atomic E-state index is 12.8. The van der Waals surface area contributed by atoms with Gasteiger partial charge in [0.1, 0.15) is 13.2 Å². The molecule has 0 bridgehead atoms. The average molecular weight is 1080 g/mol. The molecule has 0 aliphatic heterocycles. The summed E-state index contributed by atoms with van der Waals surface area (Å²) in [7, 11) is 0. The lowest BCUT2D eigenvalue weighted by Crippen LogP contribution is -2.30. The number of esters is 3. The molecule has 0 aliphatic rings. The zero-order valence-corrected chi connectivity index (χ0v) is 51.5. The Labute approximate surface area is 479 Å². The van der Waals surface area contributed by atoms with Gasteiger partial charge in [-0.3, -0.25) is 14.4 Å². The first-order valence-electron chi connectivity index (χ1n) is 33.8. The van der Waals surface area contributed by atoms with E-state index in [2.05, 4.69) is 81.5 Å². The molecule has 6 nitrogen and oxygen atoms in total. The first-order chi connectivity index (χ1) is 38.0. The van der Waals surface area contributed by atoms with Gasteiger partial charge in [0, 0.05) is 19.3 Å². The van der Waals surface area contributed by atoms with Crippen molar-refractivity contribution in [3.05, 3.63) is 60.8 Å². The van der Waals surface area contributed by atoms with E-state index in [1.54, 1.807) is 0 Å². The van der Waals surface area contributed by atoms with Crippen LogP contribution in [0.25, 0.3) is 0 Å². The molecule has 0 amide bonds. The van der Waals surface area contributed by atoms with Gasteiger partial charge in [0.2, 0.25) is 0 Å². The summed E-state index contributed by atoms with van der Waals surface area (Å²) in [5.74, 6) is -0.881. The van der Waals surface area contributed by atoms with E-state index in [1.807, 2.05) is 0 Å². The molecule has 0 N–H and O–H groups in total. The molecular formula is C71H128O6. The van der Waals surface area contributed by atoms with Crippen LogP contribution in [0, 0.1) is 0 Å². The summed E-state index contributed by atoms with van der Waals surface area (Å²) >= 11 is 0. The van der Waals surface area contributed by atoms with Crippen molar-refractivity contribution in [1.82, 2.24) is 0 Å². The lowest BCUT2D eigenvalue weighted by Gasteiger charge is -2.18. The van der Waals surface area contributed by atoms with Crippen molar-refractivity contribution in [3.63, 3.8) is 0 Å². The van der Waals surface area contributed by atoms with Crippen LogP contribution in [0.1, 0.15) is 355 Å². The first-order valence-corrected chi connectivity index (χ1v) is 33.8. The number of ether oxygens (including phenoxy) is 3. The molecule has 0 heterocycles. The number of unbranched alkanes of at least 4 members (excludes halogenated alkanes) is 41. The third kappa shape index (κ3) is 63.8. The van der Waals surface area contributed by atoms with E-state index < -0.39 is 6.10 Å². The van der Waals surface area contributed by atoms with Crippen LogP contribution in [0.4, 0.5) is 0 Å². The summed E-state index contributed by atoms with van der Waals surface area (Å²) in [4.78, 5) is 37.9. The molecular weight excluding hydrogens is 949 g/mol. The van der Waals surface area contributed by atoms with Gasteiger partial charge in [0.15, 0.2) is 6.10 Å². The fourth-order valence-electron chi connectivity index (χ4n) is 9.96. The first kappa shape index (κ1) is 74.1. The molecule has 0 fully saturated rings. The van der Waals surface area contributed by atoms with Gasteiger partial charge in [-0.25, -0.2) is 0 Å². The van der Waals surface area contributed by atoms with Crippen molar-refractivity contribution >= 4 is 17.9 Å². The van der Waals surface area contributed by atoms with Crippen molar-refractivity contribution in [2.45, 2.75) is 361 Å². The molecule has 0 saturated carbocycles. The summed E-state index contributed by atoms with van der Waals surface area (Å²) in [6.45, 7) is 6.48. The second-order valence-electron chi connectivity index (χ2n) is 22.7. The minimum absolute atomic E-state index is 0.0745. The third-order valence-corrected chi connectivity index (χ3v) is 15.0. The molecule has 0 aliphatic carbocycles.